The monoisotopic (exact) mass is 404 g/mol. The second kappa shape index (κ2) is 13.7. The van der Waals surface area contributed by atoms with Crippen molar-refractivity contribution < 1.29 is 14.4 Å². The molecule has 0 spiro atoms. The summed E-state index contributed by atoms with van der Waals surface area (Å²) in [5.41, 5.74) is 1.12. The zero-order valence-electron chi connectivity index (χ0n) is 18.1. The Kier molecular flexibility index (Phi) is 11.6. The van der Waals surface area contributed by atoms with Gasteiger partial charge in [-0.3, -0.25) is 14.4 Å². The molecule has 3 N–H and O–H groups in total. The molecular formula is C22H36N4O3. The molecule has 0 aromatic heterocycles. The third-order valence-corrected chi connectivity index (χ3v) is 4.71. The SMILES string of the molecule is CC(NC=O)c1ccccc1.CNCC(=O)NC(CC(C)C)C(=O)N1CCCC1. The summed E-state index contributed by atoms with van der Waals surface area (Å²) in [6, 6.07) is 9.58. The average molecular weight is 405 g/mol. The third kappa shape index (κ3) is 9.56. The Morgan fingerprint density at radius 2 is 1.72 bits per heavy atom. The maximum atomic E-state index is 12.3. The first kappa shape index (κ1) is 24.6. The Labute approximate surface area is 174 Å². The van der Waals surface area contributed by atoms with Crippen LogP contribution in [0.25, 0.3) is 0 Å². The molecule has 0 saturated carbocycles. The summed E-state index contributed by atoms with van der Waals surface area (Å²) in [4.78, 5) is 35.9. The van der Waals surface area contributed by atoms with Gasteiger partial charge in [0.05, 0.1) is 12.6 Å². The fourth-order valence-electron chi connectivity index (χ4n) is 3.20. The number of likely N-dealkylation sites (N-methyl/N-ethyl adjacent to an activating group) is 1. The van der Waals surface area contributed by atoms with Crippen molar-refractivity contribution in [2.24, 2.45) is 5.92 Å². The minimum absolute atomic E-state index is 0.0747. The molecule has 3 amide bonds. The van der Waals surface area contributed by atoms with E-state index in [9.17, 15) is 14.4 Å². The Bertz CT molecular complexity index is 616. The fraction of sp³-hybridized carbons (Fsp3) is 0.591. The van der Waals surface area contributed by atoms with Crippen LogP contribution >= 0.6 is 0 Å². The van der Waals surface area contributed by atoms with Gasteiger partial charge in [-0.25, -0.2) is 0 Å². The van der Waals surface area contributed by atoms with E-state index < -0.39 is 0 Å². The molecule has 1 heterocycles. The summed E-state index contributed by atoms with van der Waals surface area (Å²) in [5, 5.41) is 8.31. The molecule has 2 unspecified atom stereocenters. The van der Waals surface area contributed by atoms with Crippen molar-refractivity contribution in [3.8, 4) is 0 Å². The normalized spacial score (nSPS) is 15.1. The van der Waals surface area contributed by atoms with Crippen LogP contribution in [0.4, 0.5) is 0 Å². The van der Waals surface area contributed by atoms with Crippen molar-refractivity contribution in [3.63, 3.8) is 0 Å². The van der Waals surface area contributed by atoms with Gasteiger partial charge in [-0.2, -0.15) is 0 Å². The van der Waals surface area contributed by atoms with Crippen molar-refractivity contribution in [2.75, 3.05) is 26.7 Å². The molecule has 2 atom stereocenters. The van der Waals surface area contributed by atoms with E-state index in [1.807, 2.05) is 42.2 Å². The standard InChI is InChI=1S/C13H25N3O2.C9H11NO/c1-10(2)8-11(15-12(17)9-14-3)13(18)16-6-4-5-7-16;1-8(10-7-11)9-5-3-2-4-6-9/h10-11,14H,4-9H2,1-3H3,(H,15,17);2-8H,1H3,(H,10,11). The molecule has 0 bridgehead atoms. The van der Waals surface area contributed by atoms with Gasteiger partial charge in [-0.05, 0) is 44.7 Å². The van der Waals surface area contributed by atoms with E-state index in [1.54, 1.807) is 7.05 Å². The number of nitrogens with one attached hydrogen (secondary N) is 3. The summed E-state index contributed by atoms with van der Waals surface area (Å²) < 4.78 is 0. The van der Waals surface area contributed by atoms with E-state index in [4.69, 9.17) is 0 Å². The highest BCUT2D eigenvalue weighted by molar-refractivity contribution is 5.88. The Balaban J connectivity index is 0.000000326. The number of carbonyl (C=O) groups excluding carboxylic acids is 3. The van der Waals surface area contributed by atoms with Crippen molar-refractivity contribution in [1.82, 2.24) is 20.9 Å². The molecule has 29 heavy (non-hydrogen) atoms. The van der Waals surface area contributed by atoms with Gasteiger partial charge < -0.3 is 20.9 Å². The maximum Gasteiger partial charge on any atom is 0.245 e. The van der Waals surface area contributed by atoms with E-state index >= 15 is 0 Å². The van der Waals surface area contributed by atoms with Crippen molar-refractivity contribution in [1.29, 1.82) is 0 Å². The Hall–Kier alpha value is -2.41. The molecule has 1 saturated heterocycles. The van der Waals surface area contributed by atoms with Crippen LogP contribution < -0.4 is 16.0 Å². The predicted molar refractivity (Wildman–Crippen MR) is 115 cm³/mol. The molecule has 1 aromatic rings. The van der Waals surface area contributed by atoms with Crippen molar-refractivity contribution in [3.05, 3.63) is 35.9 Å². The first-order valence-electron chi connectivity index (χ1n) is 10.4. The highest BCUT2D eigenvalue weighted by atomic mass is 16.2. The molecule has 1 aliphatic heterocycles. The van der Waals surface area contributed by atoms with Crippen LogP contribution in [0, 0.1) is 5.92 Å². The molecular weight excluding hydrogens is 368 g/mol. The molecule has 2 rings (SSSR count). The lowest BCUT2D eigenvalue weighted by Crippen LogP contribution is -2.50. The number of likely N-dealkylation sites (tertiary alicyclic amines) is 1. The lowest BCUT2D eigenvalue weighted by atomic mass is 10.0. The zero-order chi connectivity index (χ0) is 21.6. The quantitative estimate of drug-likeness (QED) is 0.548. The van der Waals surface area contributed by atoms with Crippen LogP contribution in [-0.4, -0.2) is 55.8 Å². The van der Waals surface area contributed by atoms with Crippen LogP contribution in [-0.2, 0) is 14.4 Å². The van der Waals surface area contributed by atoms with E-state index in [2.05, 4.69) is 29.8 Å². The first-order chi connectivity index (χ1) is 13.9. The minimum atomic E-state index is -0.371. The topological polar surface area (TPSA) is 90.5 Å². The maximum absolute atomic E-state index is 12.3. The van der Waals surface area contributed by atoms with Gasteiger partial charge in [0.15, 0.2) is 0 Å². The largest absolute Gasteiger partial charge is 0.352 e. The zero-order valence-corrected chi connectivity index (χ0v) is 18.1. The number of hydrogen-bond acceptors (Lipinski definition) is 4. The van der Waals surface area contributed by atoms with E-state index in [1.165, 1.54) is 0 Å². The summed E-state index contributed by atoms with van der Waals surface area (Å²) in [5.74, 6) is 0.345. The third-order valence-electron chi connectivity index (χ3n) is 4.71. The van der Waals surface area contributed by atoms with Gasteiger partial charge in [0, 0.05) is 13.1 Å². The van der Waals surface area contributed by atoms with Crippen LogP contribution in [0.5, 0.6) is 0 Å². The smallest absolute Gasteiger partial charge is 0.245 e. The van der Waals surface area contributed by atoms with Gasteiger partial charge in [0.1, 0.15) is 6.04 Å². The highest BCUT2D eigenvalue weighted by Crippen LogP contribution is 2.13. The minimum Gasteiger partial charge on any atom is -0.352 e. The number of nitrogens with zero attached hydrogens (tertiary/aromatic N) is 1. The molecule has 7 heteroatoms. The first-order valence-corrected chi connectivity index (χ1v) is 10.4. The molecule has 162 valence electrons. The predicted octanol–water partition coefficient (Wildman–Crippen LogP) is 1.85. The van der Waals surface area contributed by atoms with E-state index in [-0.39, 0.29) is 30.4 Å². The van der Waals surface area contributed by atoms with Gasteiger partial charge in [-0.1, -0.05) is 44.2 Å². The van der Waals surface area contributed by atoms with Gasteiger partial charge in [-0.15, -0.1) is 0 Å². The summed E-state index contributed by atoms with van der Waals surface area (Å²) in [7, 11) is 1.72. The number of benzene rings is 1. The van der Waals surface area contributed by atoms with Crippen LogP contribution in [0.1, 0.15) is 51.6 Å². The van der Waals surface area contributed by atoms with Crippen LogP contribution in [0.2, 0.25) is 0 Å². The second-order valence-electron chi connectivity index (χ2n) is 7.73. The van der Waals surface area contributed by atoms with E-state index in [0.29, 0.717) is 12.3 Å². The van der Waals surface area contributed by atoms with Crippen molar-refractivity contribution in [2.45, 2.75) is 52.1 Å². The highest BCUT2D eigenvalue weighted by Gasteiger charge is 2.28. The fourth-order valence-corrected chi connectivity index (χ4v) is 3.20. The Morgan fingerprint density at radius 3 is 2.24 bits per heavy atom. The molecule has 0 aliphatic carbocycles. The van der Waals surface area contributed by atoms with E-state index in [0.717, 1.165) is 37.9 Å². The van der Waals surface area contributed by atoms with Gasteiger partial charge in [0.2, 0.25) is 18.2 Å². The van der Waals surface area contributed by atoms with Crippen LogP contribution in [0.15, 0.2) is 30.3 Å². The molecule has 7 nitrogen and oxygen atoms in total. The van der Waals surface area contributed by atoms with Crippen LogP contribution in [0.3, 0.4) is 0 Å². The molecule has 0 radical (unpaired) electrons. The number of carbonyl (C=O) groups is 3. The lowest BCUT2D eigenvalue weighted by Gasteiger charge is -2.25. The number of rotatable bonds is 9. The average Bonchev–Trinajstić information content (AvgIpc) is 3.23. The second-order valence-corrected chi connectivity index (χ2v) is 7.73. The number of amides is 3. The molecule has 1 aliphatic rings. The molecule has 1 fully saturated rings. The summed E-state index contributed by atoms with van der Waals surface area (Å²) in [6.07, 6.45) is 3.57. The molecule has 1 aromatic carbocycles. The lowest BCUT2D eigenvalue weighted by molar-refractivity contribution is -0.135. The summed E-state index contributed by atoms with van der Waals surface area (Å²) in [6.45, 7) is 7.99. The van der Waals surface area contributed by atoms with Crippen molar-refractivity contribution >= 4 is 18.2 Å². The van der Waals surface area contributed by atoms with Gasteiger partial charge >= 0.3 is 0 Å². The summed E-state index contributed by atoms with van der Waals surface area (Å²) >= 11 is 0. The number of hydrogen-bond donors (Lipinski definition) is 3. The van der Waals surface area contributed by atoms with Gasteiger partial charge in [0.25, 0.3) is 0 Å². The Morgan fingerprint density at radius 1 is 1.10 bits per heavy atom.